The topological polar surface area (TPSA) is 12.0 Å². The molecule has 0 radical (unpaired) electrons. The van der Waals surface area contributed by atoms with Gasteiger partial charge < -0.3 is 5.32 Å². The molecule has 3 aliphatic carbocycles. The summed E-state index contributed by atoms with van der Waals surface area (Å²) in [6.07, 6.45) is 4.00. The molecule has 1 nitrogen and oxygen atoms in total. The van der Waals surface area contributed by atoms with E-state index in [1.807, 2.05) is 6.92 Å². The van der Waals surface area contributed by atoms with Crippen LogP contribution in [0.2, 0.25) is 0 Å². The van der Waals surface area contributed by atoms with Gasteiger partial charge in [-0.15, -0.1) is 0 Å². The molecule has 0 amide bonds. The Morgan fingerprint density at radius 1 is 1.24 bits per heavy atom. The molecule has 5 unspecified atom stereocenters. The van der Waals surface area contributed by atoms with Gasteiger partial charge in [0.25, 0.3) is 0 Å². The van der Waals surface area contributed by atoms with Gasteiger partial charge in [-0.05, 0) is 83.5 Å². The average molecular weight is 356 g/mol. The summed E-state index contributed by atoms with van der Waals surface area (Å²) < 4.78 is 29.1. The third-order valence-electron chi connectivity index (χ3n) is 5.99. The van der Waals surface area contributed by atoms with Crippen molar-refractivity contribution in [1.82, 2.24) is 5.32 Å². The van der Waals surface area contributed by atoms with Gasteiger partial charge in [-0.2, -0.15) is 0 Å². The Balaban J connectivity index is 1.69. The lowest BCUT2D eigenvalue weighted by atomic mass is 9.92. The maximum atomic E-state index is 14.5. The van der Waals surface area contributed by atoms with Crippen LogP contribution in [-0.4, -0.2) is 6.54 Å². The van der Waals surface area contributed by atoms with Crippen LogP contribution in [0.4, 0.5) is 8.78 Å². The van der Waals surface area contributed by atoms with Gasteiger partial charge in [0.05, 0.1) is 4.47 Å². The van der Waals surface area contributed by atoms with Gasteiger partial charge in [0.15, 0.2) is 0 Å². The summed E-state index contributed by atoms with van der Waals surface area (Å²) in [6.45, 7) is 2.74. The first-order valence-corrected chi connectivity index (χ1v) is 8.79. The van der Waals surface area contributed by atoms with Crippen LogP contribution in [-0.2, 0) is 0 Å². The molecule has 1 aromatic carbocycles. The minimum absolute atomic E-state index is 0.175. The molecule has 0 spiro atoms. The molecule has 3 fully saturated rings. The first-order valence-electron chi connectivity index (χ1n) is 8.00. The summed E-state index contributed by atoms with van der Waals surface area (Å²) in [5.41, 5.74) is 0.241. The van der Waals surface area contributed by atoms with Crippen LogP contribution in [0.15, 0.2) is 16.6 Å². The highest BCUT2D eigenvalue weighted by atomic mass is 79.9. The van der Waals surface area contributed by atoms with E-state index in [1.165, 1.54) is 31.4 Å². The monoisotopic (exact) mass is 355 g/mol. The normalized spacial score (nSPS) is 37.6. The Bertz CT molecular complexity index is 560. The van der Waals surface area contributed by atoms with Crippen molar-refractivity contribution in [3.63, 3.8) is 0 Å². The highest BCUT2D eigenvalue weighted by molar-refractivity contribution is 9.10. The number of halogens is 3. The van der Waals surface area contributed by atoms with Crippen LogP contribution >= 0.6 is 15.9 Å². The van der Waals surface area contributed by atoms with Crippen LogP contribution < -0.4 is 5.32 Å². The van der Waals surface area contributed by atoms with Gasteiger partial charge >= 0.3 is 0 Å². The SMILES string of the molecule is CCNC(c1c(F)ccc(Br)c1F)C1C2C3CCC(C3)C21. The highest BCUT2D eigenvalue weighted by Gasteiger charge is 2.67. The van der Waals surface area contributed by atoms with Gasteiger partial charge in [-0.3, -0.25) is 0 Å². The average Bonchev–Trinajstić information content (AvgIpc) is 2.88. The summed E-state index contributed by atoms with van der Waals surface area (Å²) in [7, 11) is 0. The zero-order valence-corrected chi connectivity index (χ0v) is 13.7. The van der Waals surface area contributed by atoms with Gasteiger partial charge in [-0.1, -0.05) is 6.92 Å². The summed E-state index contributed by atoms with van der Waals surface area (Å²) in [5.74, 6) is 2.59. The fourth-order valence-corrected chi connectivity index (χ4v) is 5.66. The molecule has 0 heterocycles. The Hall–Kier alpha value is -0.480. The van der Waals surface area contributed by atoms with E-state index in [-0.39, 0.29) is 11.6 Å². The minimum Gasteiger partial charge on any atom is -0.310 e. The van der Waals surface area contributed by atoms with E-state index in [2.05, 4.69) is 21.2 Å². The van der Waals surface area contributed by atoms with Crippen molar-refractivity contribution in [3.05, 3.63) is 33.8 Å². The fourth-order valence-electron chi connectivity index (χ4n) is 5.32. The number of fused-ring (bicyclic) bond motifs is 5. The first-order chi connectivity index (χ1) is 10.1. The Morgan fingerprint density at radius 2 is 1.90 bits per heavy atom. The summed E-state index contributed by atoms with van der Waals surface area (Å²) in [4.78, 5) is 0. The molecular formula is C17H20BrF2N. The van der Waals surface area contributed by atoms with Crippen LogP contribution in [0.1, 0.15) is 37.8 Å². The van der Waals surface area contributed by atoms with Crippen molar-refractivity contribution in [3.8, 4) is 0 Å². The molecule has 0 saturated heterocycles. The number of benzene rings is 1. The van der Waals surface area contributed by atoms with Gasteiger partial charge in [0.2, 0.25) is 0 Å². The Kier molecular flexibility index (Phi) is 3.38. The van der Waals surface area contributed by atoms with Crippen LogP contribution in [0.3, 0.4) is 0 Å². The van der Waals surface area contributed by atoms with Crippen molar-refractivity contribution in [2.24, 2.45) is 29.6 Å². The lowest BCUT2D eigenvalue weighted by molar-refractivity contribution is 0.356. The molecule has 5 atom stereocenters. The molecule has 21 heavy (non-hydrogen) atoms. The lowest BCUT2D eigenvalue weighted by Crippen LogP contribution is -2.27. The molecule has 0 aromatic heterocycles. The third-order valence-corrected chi connectivity index (χ3v) is 6.61. The van der Waals surface area contributed by atoms with Crippen molar-refractivity contribution in [2.75, 3.05) is 6.54 Å². The Labute approximate surface area is 132 Å². The Morgan fingerprint density at radius 3 is 2.52 bits per heavy atom. The predicted molar refractivity (Wildman–Crippen MR) is 81.8 cm³/mol. The maximum absolute atomic E-state index is 14.5. The summed E-state index contributed by atoms with van der Waals surface area (Å²) >= 11 is 3.20. The van der Waals surface area contributed by atoms with E-state index < -0.39 is 11.6 Å². The largest absolute Gasteiger partial charge is 0.310 e. The predicted octanol–water partition coefficient (Wildman–Crippen LogP) is 4.67. The van der Waals surface area contributed by atoms with E-state index >= 15 is 0 Å². The van der Waals surface area contributed by atoms with Crippen molar-refractivity contribution in [1.29, 1.82) is 0 Å². The second-order valence-corrected chi connectivity index (χ2v) is 7.71. The van der Waals surface area contributed by atoms with E-state index in [1.54, 1.807) is 0 Å². The van der Waals surface area contributed by atoms with E-state index in [0.717, 1.165) is 18.4 Å². The fraction of sp³-hybridized carbons (Fsp3) is 0.647. The number of hydrogen-bond acceptors (Lipinski definition) is 1. The first kappa shape index (κ1) is 14.1. The molecular weight excluding hydrogens is 336 g/mol. The second-order valence-electron chi connectivity index (χ2n) is 6.86. The molecule has 114 valence electrons. The van der Waals surface area contributed by atoms with E-state index in [9.17, 15) is 8.78 Å². The number of hydrogen-bond donors (Lipinski definition) is 1. The van der Waals surface area contributed by atoms with Crippen LogP contribution in [0.5, 0.6) is 0 Å². The molecule has 2 bridgehead atoms. The maximum Gasteiger partial charge on any atom is 0.145 e. The molecule has 1 aromatic rings. The smallest absolute Gasteiger partial charge is 0.145 e. The van der Waals surface area contributed by atoms with E-state index in [4.69, 9.17) is 0 Å². The van der Waals surface area contributed by atoms with Crippen molar-refractivity contribution < 1.29 is 8.78 Å². The molecule has 1 N–H and O–H groups in total. The highest BCUT2D eigenvalue weighted by Crippen LogP contribution is 2.72. The summed E-state index contributed by atoms with van der Waals surface area (Å²) in [6, 6.07) is 2.65. The summed E-state index contributed by atoms with van der Waals surface area (Å²) in [5, 5.41) is 3.37. The molecule has 3 saturated carbocycles. The molecule has 4 heteroatoms. The van der Waals surface area contributed by atoms with Gasteiger partial charge in [-0.25, -0.2) is 8.78 Å². The van der Waals surface area contributed by atoms with Crippen LogP contribution in [0, 0.1) is 41.2 Å². The van der Waals surface area contributed by atoms with Gasteiger partial charge in [0, 0.05) is 11.6 Å². The number of nitrogens with one attached hydrogen (secondary N) is 1. The van der Waals surface area contributed by atoms with Gasteiger partial charge in [0.1, 0.15) is 11.6 Å². The zero-order chi connectivity index (χ0) is 14.7. The van der Waals surface area contributed by atoms with Crippen molar-refractivity contribution in [2.45, 2.75) is 32.2 Å². The van der Waals surface area contributed by atoms with Crippen molar-refractivity contribution >= 4 is 15.9 Å². The lowest BCUT2D eigenvalue weighted by Gasteiger charge is -2.23. The molecule has 4 rings (SSSR count). The number of rotatable bonds is 4. The molecule has 0 aliphatic heterocycles. The van der Waals surface area contributed by atoms with Crippen LogP contribution in [0.25, 0.3) is 0 Å². The third kappa shape index (κ3) is 2.02. The molecule has 3 aliphatic rings. The minimum atomic E-state index is -0.432. The quantitative estimate of drug-likeness (QED) is 0.773. The standard InChI is InChI=1S/C17H20BrF2N/c1-2-21-17(14-11(19)6-5-10(18)16(14)20)15-12-8-3-4-9(7-8)13(12)15/h5-6,8-9,12-13,15,17,21H,2-4,7H2,1H3. The van der Waals surface area contributed by atoms with E-state index in [0.29, 0.717) is 22.2 Å². The zero-order valence-electron chi connectivity index (χ0n) is 12.1. The second kappa shape index (κ2) is 5.02.